The van der Waals surface area contributed by atoms with Crippen LogP contribution in [0.3, 0.4) is 0 Å². The number of hydrazone groups is 1. The Bertz CT molecular complexity index is 799. The van der Waals surface area contributed by atoms with Gasteiger partial charge in [-0.05, 0) is 36.1 Å². The van der Waals surface area contributed by atoms with E-state index in [9.17, 15) is 14.9 Å². The van der Waals surface area contributed by atoms with Crippen LogP contribution in [0.25, 0.3) is 0 Å². The summed E-state index contributed by atoms with van der Waals surface area (Å²) < 4.78 is 5.56. The fourth-order valence-corrected chi connectivity index (χ4v) is 2.68. The highest BCUT2D eigenvalue weighted by Crippen LogP contribution is 2.24. The zero-order valence-corrected chi connectivity index (χ0v) is 15.0. The number of carbonyl (C=O) groups is 1. The summed E-state index contributed by atoms with van der Waals surface area (Å²) in [6.45, 7) is 5.93. The average Bonchev–Trinajstić information content (AvgIpc) is 3.03. The molecule has 0 unspecified atom stereocenters. The summed E-state index contributed by atoms with van der Waals surface area (Å²) in [4.78, 5) is 22.5. The molecule has 1 heterocycles. The number of hydrogen-bond acceptors (Lipinski definition) is 6. The van der Waals surface area contributed by atoms with Gasteiger partial charge in [-0.25, -0.2) is 5.43 Å². The van der Waals surface area contributed by atoms with Crippen LogP contribution in [0.2, 0.25) is 0 Å². The van der Waals surface area contributed by atoms with E-state index in [0.29, 0.717) is 16.5 Å². The van der Waals surface area contributed by atoms with E-state index in [1.165, 1.54) is 12.3 Å². The average molecular weight is 361 g/mol. The second kappa shape index (κ2) is 8.39. The van der Waals surface area contributed by atoms with Crippen LogP contribution in [0.15, 0.2) is 35.4 Å². The van der Waals surface area contributed by atoms with E-state index in [1.807, 2.05) is 25.1 Å². The second-order valence-electron chi connectivity index (χ2n) is 5.69. The van der Waals surface area contributed by atoms with Crippen LogP contribution in [0, 0.1) is 17.0 Å². The number of hydrogen-bond donors (Lipinski definition) is 1. The smallest absolute Gasteiger partial charge is 0.324 e. The van der Waals surface area contributed by atoms with Crippen molar-refractivity contribution in [3.63, 3.8) is 0 Å². The van der Waals surface area contributed by atoms with E-state index < -0.39 is 10.8 Å². The van der Waals surface area contributed by atoms with Crippen molar-refractivity contribution in [1.29, 1.82) is 0 Å². The van der Waals surface area contributed by atoms with Crippen LogP contribution in [-0.2, 0) is 4.79 Å². The summed E-state index contributed by atoms with van der Waals surface area (Å²) in [7, 11) is 0. The zero-order chi connectivity index (χ0) is 18.4. The van der Waals surface area contributed by atoms with Gasteiger partial charge in [0.15, 0.2) is 6.61 Å². The van der Waals surface area contributed by atoms with Gasteiger partial charge in [-0.2, -0.15) is 5.10 Å². The number of amides is 1. The lowest BCUT2D eigenvalue weighted by molar-refractivity contribution is -0.380. The van der Waals surface area contributed by atoms with Crippen LogP contribution < -0.4 is 10.2 Å². The highest BCUT2D eigenvalue weighted by Gasteiger charge is 2.09. The standard InChI is InChI=1S/C17H19N3O4S/c1-11(2)13-5-4-12(3)15(8-13)24-10-16(21)19-18-9-14-6-7-17(25-14)20(22)23/h4-9,11H,10H2,1-3H3,(H,19,21)/b18-9+. The number of aryl methyl sites for hydroxylation is 1. The molecule has 2 aromatic rings. The Morgan fingerprint density at radius 2 is 2.16 bits per heavy atom. The predicted molar refractivity (Wildman–Crippen MR) is 97.5 cm³/mol. The van der Waals surface area contributed by atoms with Crippen molar-refractivity contribution in [3.8, 4) is 5.75 Å². The fourth-order valence-electron chi connectivity index (χ4n) is 1.98. The number of nitrogens with one attached hydrogen (secondary N) is 1. The number of nitrogens with zero attached hydrogens (tertiary/aromatic N) is 2. The minimum atomic E-state index is -0.470. The molecule has 0 aliphatic heterocycles. The molecule has 2 rings (SSSR count). The first-order chi connectivity index (χ1) is 11.9. The van der Waals surface area contributed by atoms with Crippen LogP contribution >= 0.6 is 11.3 Å². The van der Waals surface area contributed by atoms with Crippen molar-refractivity contribution in [2.24, 2.45) is 5.10 Å². The molecule has 0 aliphatic rings. The molecular formula is C17H19N3O4S. The van der Waals surface area contributed by atoms with Gasteiger partial charge >= 0.3 is 5.00 Å². The fraction of sp³-hybridized carbons (Fsp3) is 0.294. The van der Waals surface area contributed by atoms with Crippen LogP contribution in [-0.4, -0.2) is 23.7 Å². The number of benzene rings is 1. The molecule has 0 spiro atoms. The molecule has 0 bridgehead atoms. The summed E-state index contributed by atoms with van der Waals surface area (Å²) in [5, 5.41) is 14.4. The van der Waals surface area contributed by atoms with Gasteiger partial charge in [0.1, 0.15) is 5.75 Å². The number of rotatable bonds is 7. The summed E-state index contributed by atoms with van der Waals surface area (Å²) in [5.41, 5.74) is 4.43. The Hall–Kier alpha value is -2.74. The molecule has 0 fully saturated rings. The van der Waals surface area contributed by atoms with Gasteiger partial charge in [0.25, 0.3) is 5.91 Å². The monoisotopic (exact) mass is 361 g/mol. The molecule has 0 aliphatic carbocycles. The first kappa shape index (κ1) is 18.6. The van der Waals surface area contributed by atoms with Crippen LogP contribution in [0.4, 0.5) is 5.00 Å². The molecule has 1 aromatic heterocycles. The first-order valence-electron chi connectivity index (χ1n) is 7.66. The summed E-state index contributed by atoms with van der Waals surface area (Å²) in [5.74, 6) is 0.632. The number of carbonyl (C=O) groups excluding carboxylic acids is 1. The minimum absolute atomic E-state index is 0.0246. The molecular weight excluding hydrogens is 342 g/mol. The molecule has 0 saturated heterocycles. The van der Waals surface area contributed by atoms with Gasteiger partial charge < -0.3 is 4.74 Å². The molecule has 1 N–H and O–H groups in total. The Kier molecular flexibility index (Phi) is 6.24. The molecule has 0 radical (unpaired) electrons. The van der Waals surface area contributed by atoms with Crippen LogP contribution in [0.1, 0.15) is 35.8 Å². The van der Waals surface area contributed by atoms with E-state index in [4.69, 9.17) is 4.74 Å². The quantitative estimate of drug-likeness (QED) is 0.463. The lowest BCUT2D eigenvalue weighted by atomic mass is 10.0. The van der Waals surface area contributed by atoms with E-state index in [0.717, 1.165) is 22.5 Å². The Labute approximate surface area is 149 Å². The van der Waals surface area contributed by atoms with Crippen molar-refractivity contribution >= 4 is 28.5 Å². The Balaban J connectivity index is 1.87. The number of thiophene rings is 1. The third kappa shape index (κ3) is 5.39. The Morgan fingerprint density at radius 1 is 1.40 bits per heavy atom. The topological polar surface area (TPSA) is 93.8 Å². The van der Waals surface area contributed by atoms with Gasteiger partial charge in [-0.3, -0.25) is 14.9 Å². The minimum Gasteiger partial charge on any atom is -0.483 e. The maximum Gasteiger partial charge on any atom is 0.324 e. The van der Waals surface area contributed by atoms with Crippen molar-refractivity contribution < 1.29 is 14.5 Å². The molecule has 7 nitrogen and oxygen atoms in total. The summed E-state index contributed by atoms with van der Waals surface area (Å²) in [6, 6.07) is 8.89. The number of ether oxygens (including phenoxy) is 1. The van der Waals surface area contributed by atoms with E-state index in [2.05, 4.69) is 24.4 Å². The molecule has 0 saturated carbocycles. The van der Waals surface area contributed by atoms with Gasteiger partial charge in [-0.15, -0.1) is 0 Å². The van der Waals surface area contributed by atoms with Gasteiger partial charge in [0.2, 0.25) is 0 Å². The van der Waals surface area contributed by atoms with Crippen LogP contribution in [0.5, 0.6) is 5.75 Å². The Morgan fingerprint density at radius 3 is 2.80 bits per heavy atom. The maximum atomic E-state index is 11.8. The molecule has 1 amide bonds. The van der Waals surface area contributed by atoms with Gasteiger partial charge in [0.05, 0.1) is 16.0 Å². The summed E-state index contributed by atoms with van der Waals surface area (Å²) in [6.07, 6.45) is 1.36. The lowest BCUT2D eigenvalue weighted by Gasteiger charge is -2.12. The van der Waals surface area contributed by atoms with E-state index in [-0.39, 0.29) is 11.6 Å². The maximum absolute atomic E-state index is 11.8. The summed E-state index contributed by atoms with van der Waals surface area (Å²) >= 11 is 0.978. The molecule has 8 heteroatoms. The zero-order valence-electron chi connectivity index (χ0n) is 14.2. The molecule has 25 heavy (non-hydrogen) atoms. The molecule has 0 atom stereocenters. The molecule has 132 valence electrons. The highest BCUT2D eigenvalue weighted by atomic mass is 32.1. The normalized spacial score (nSPS) is 11.0. The number of nitro groups is 1. The largest absolute Gasteiger partial charge is 0.483 e. The second-order valence-corrected chi connectivity index (χ2v) is 6.79. The van der Waals surface area contributed by atoms with E-state index in [1.54, 1.807) is 6.07 Å². The lowest BCUT2D eigenvalue weighted by Crippen LogP contribution is -2.24. The van der Waals surface area contributed by atoms with Gasteiger partial charge in [0, 0.05) is 6.07 Å². The van der Waals surface area contributed by atoms with Crippen molar-refractivity contribution in [3.05, 3.63) is 56.5 Å². The van der Waals surface area contributed by atoms with Gasteiger partial charge in [-0.1, -0.05) is 37.3 Å². The molecule has 1 aromatic carbocycles. The predicted octanol–water partition coefficient (Wildman–Crippen LogP) is 3.62. The third-order valence-electron chi connectivity index (χ3n) is 3.41. The van der Waals surface area contributed by atoms with Crippen molar-refractivity contribution in [2.75, 3.05) is 6.61 Å². The van der Waals surface area contributed by atoms with Crippen molar-refractivity contribution in [2.45, 2.75) is 26.7 Å². The van der Waals surface area contributed by atoms with Crippen molar-refractivity contribution in [1.82, 2.24) is 5.43 Å². The first-order valence-corrected chi connectivity index (χ1v) is 8.48. The van der Waals surface area contributed by atoms with E-state index >= 15 is 0 Å². The SMILES string of the molecule is Cc1ccc(C(C)C)cc1OCC(=O)N/N=C/c1ccc([N+](=O)[O-])s1. The highest BCUT2D eigenvalue weighted by molar-refractivity contribution is 7.16. The third-order valence-corrected chi connectivity index (χ3v) is 4.38.